The van der Waals surface area contributed by atoms with E-state index in [-0.39, 0.29) is 24.5 Å². The van der Waals surface area contributed by atoms with Crippen LogP contribution in [0.3, 0.4) is 0 Å². The molecule has 2 unspecified atom stereocenters. The monoisotopic (exact) mass is 273 g/mol. The molecule has 20 heavy (non-hydrogen) atoms. The molecule has 0 aliphatic rings. The van der Waals surface area contributed by atoms with E-state index in [1.54, 1.807) is 0 Å². The lowest BCUT2D eigenvalue weighted by Crippen LogP contribution is -2.33. The van der Waals surface area contributed by atoms with E-state index in [1.165, 1.54) is 0 Å². The second-order valence-electron chi connectivity index (χ2n) is 5.34. The molecule has 0 radical (unpaired) electrons. The molecule has 0 saturated heterocycles. The lowest BCUT2D eigenvalue weighted by atomic mass is 9.96. The van der Waals surface area contributed by atoms with E-state index < -0.39 is 0 Å². The summed E-state index contributed by atoms with van der Waals surface area (Å²) in [6.45, 7) is 7.87. The van der Waals surface area contributed by atoms with Gasteiger partial charge in [-0.2, -0.15) is 0 Å². The summed E-state index contributed by atoms with van der Waals surface area (Å²) in [5.41, 5.74) is 1.90. The second kappa shape index (κ2) is 7.72. The maximum Gasteiger partial charge on any atom is 0.223 e. The molecular formula is C17H23NO2. The highest BCUT2D eigenvalue weighted by Gasteiger charge is 2.18. The van der Waals surface area contributed by atoms with Crippen molar-refractivity contribution in [2.75, 3.05) is 6.61 Å². The van der Waals surface area contributed by atoms with Crippen LogP contribution in [0.5, 0.6) is 0 Å². The van der Waals surface area contributed by atoms with Crippen LogP contribution in [0.25, 0.3) is 0 Å². The first-order chi connectivity index (χ1) is 9.45. The minimum Gasteiger partial charge on any atom is -0.384 e. The number of rotatable bonds is 4. The molecule has 0 bridgehead atoms. The van der Waals surface area contributed by atoms with Gasteiger partial charge in [0.05, 0.1) is 6.04 Å². The van der Waals surface area contributed by atoms with Gasteiger partial charge in [-0.25, -0.2) is 0 Å². The van der Waals surface area contributed by atoms with Crippen LogP contribution in [0.2, 0.25) is 0 Å². The molecule has 0 aromatic heterocycles. The van der Waals surface area contributed by atoms with Crippen LogP contribution in [0, 0.1) is 23.7 Å². The average Bonchev–Trinajstić information content (AvgIpc) is 2.44. The summed E-state index contributed by atoms with van der Waals surface area (Å²) >= 11 is 0. The lowest BCUT2D eigenvalue weighted by Gasteiger charge is -2.20. The van der Waals surface area contributed by atoms with E-state index in [0.717, 1.165) is 11.1 Å². The van der Waals surface area contributed by atoms with E-state index in [2.05, 4.69) is 17.2 Å². The molecular weight excluding hydrogens is 250 g/mol. The van der Waals surface area contributed by atoms with Gasteiger partial charge in [0.1, 0.15) is 6.61 Å². The zero-order chi connectivity index (χ0) is 15.1. The Morgan fingerprint density at radius 3 is 2.30 bits per heavy atom. The van der Waals surface area contributed by atoms with E-state index in [0.29, 0.717) is 5.92 Å². The van der Waals surface area contributed by atoms with Crippen molar-refractivity contribution in [1.82, 2.24) is 5.32 Å². The van der Waals surface area contributed by atoms with Gasteiger partial charge in [0, 0.05) is 11.5 Å². The quantitative estimate of drug-likeness (QED) is 0.828. The first kappa shape index (κ1) is 16.3. The lowest BCUT2D eigenvalue weighted by molar-refractivity contribution is -0.126. The minimum atomic E-state index is -0.138. The zero-order valence-electron chi connectivity index (χ0n) is 12.6. The molecule has 0 spiro atoms. The fraction of sp³-hybridized carbons (Fsp3) is 0.471. The van der Waals surface area contributed by atoms with Gasteiger partial charge < -0.3 is 10.4 Å². The normalized spacial score (nSPS) is 13.3. The van der Waals surface area contributed by atoms with Crippen molar-refractivity contribution in [2.45, 2.75) is 33.7 Å². The summed E-state index contributed by atoms with van der Waals surface area (Å²) in [4.78, 5) is 12.0. The topological polar surface area (TPSA) is 49.3 Å². The highest BCUT2D eigenvalue weighted by molar-refractivity contribution is 5.78. The molecule has 2 N–H and O–H groups in total. The Hall–Kier alpha value is -1.79. The van der Waals surface area contributed by atoms with Crippen molar-refractivity contribution in [1.29, 1.82) is 0 Å². The number of benzene rings is 1. The van der Waals surface area contributed by atoms with Gasteiger partial charge >= 0.3 is 0 Å². The molecule has 3 nitrogen and oxygen atoms in total. The Labute approximate surface area is 121 Å². The number of aliphatic hydroxyl groups excluding tert-OH is 1. The van der Waals surface area contributed by atoms with Gasteiger partial charge in [0.25, 0.3) is 0 Å². The highest BCUT2D eigenvalue weighted by atomic mass is 16.2. The van der Waals surface area contributed by atoms with Crippen LogP contribution in [0.1, 0.15) is 44.9 Å². The number of hydrogen-bond donors (Lipinski definition) is 2. The minimum absolute atomic E-state index is 0.00661. The van der Waals surface area contributed by atoms with Gasteiger partial charge in [-0.3, -0.25) is 4.79 Å². The Morgan fingerprint density at radius 2 is 1.80 bits per heavy atom. The van der Waals surface area contributed by atoms with E-state index in [9.17, 15) is 4.79 Å². The van der Waals surface area contributed by atoms with Gasteiger partial charge in [0.2, 0.25) is 5.91 Å². The smallest absolute Gasteiger partial charge is 0.223 e. The zero-order valence-corrected chi connectivity index (χ0v) is 12.6. The van der Waals surface area contributed by atoms with E-state index >= 15 is 0 Å². The number of carbonyl (C=O) groups excluding carboxylic acids is 1. The maximum absolute atomic E-state index is 12.0. The molecule has 1 aromatic carbocycles. The predicted molar refractivity (Wildman–Crippen MR) is 81.0 cm³/mol. The molecule has 2 atom stereocenters. The van der Waals surface area contributed by atoms with Gasteiger partial charge in [0.15, 0.2) is 0 Å². The van der Waals surface area contributed by atoms with Gasteiger partial charge in [-0.15, -0.1) is 0 Å². The maximum atomic E-state index is 12.0. The second-order valence-corrected chi connectivity index (χ2v) is 5.34. The fourth-order valence-electron chi connectivity index (χ4n) is 1.73. The predicted octanol–water partition coefficient (Wildman–Crippen LogP) is 2.50. The third-order valence-electron chi connectivity index (χ3n) is 3.49. The summed E-state index contributed by atoms with van der Waals surface area (Å²) in [5.74, 6) is 5.87. The summed E-state index contributed by atoms with van der Waals surface area (Å²) in [5, 5.41) is 11.7. The van der Waals surface area contributed by atoms with E-state index in [1.807, 2.05) is 52.0 Å². The van der Waals surface area contributed by atoms with Gasteiger partial charge in [-0.05, 0) is 30.5 Å². The van der Waals surface area contributed by atoms with Crippen LogP contribution in [-0.2, 0) is 4.79 Å². The molecule has 0 aliphatic heterocycles. The summed E-state index contributed by atoms with van der Waals surface area (Å²) < 4.78 is 0. The number of hydrogen-bond acceptors (Lipinski definition) is 2. The summed E-state index contributed by atoms with van der Waals surface area (Å²) in [6, 6.07) is 7.67. The molecule has 1 amide bonds. The third kappa shape index (κ3) is 4.71. The first-order valence-corrected chi connectivity index (χ1v) is 6.95. The highest BCUT2D eigenvalue weighted by Crippen LogP contribution is 2.16. The molecule has 1 aromatic rings. The van der Waals surface area contributed by atoms with Crippen molar-refractivity contribution in [3.63, 3.8) is 0 Å². The van der Waals surface area contributed by atoms with Crippen molar-refractivity contribution < 1.29 is 9.90 Å². The van der Waals surface area contributed by atoms with E-state index in [4.69, 9.17) is 5.11 Å². The molecule has 108 valence electrons. The Balaban J connectivity index is 2.68. The average molecular weight is 273 g/mol. The van der Waals surface area contributed by atoms with Crippen LogP contribution in [0.15, 0.2) is 24.3 Å². The van der Waals surface area contributed by atoms with Crippen molar-refractivity contribution >= 4 is 5.91 Å². The van der Waals surface area contributed by atoms with Crippen molar-refractivity contribution in [3.05, 3.63) is 35.4 Å². The Kier molecular flexibility index (Phi) is 6.27. The third-order valence-corrected chi connectivity index (χ3v) is 3.49. The van der Waals surface area contributed by atoms with Gasteiger partial charge in [-0.1, -0.05) is 44.7 Å². The number of amides is 1. The van der Waals surface area contributed by atoms with Crippen LogP contribution < -0.4 is 5.32 Å². The summed E-state index contributed by atoms with van der Waals surface area (Å²) in [7, 11) is 0. The largest absolute Gasteiger partial charge is 0.384 e. The molecule has 0 saturated carbocycles. The number of aliphatic hydroxyl groups is 1. The standard InChI is InChI=1S/C17H23NO2/c1-12(2)13(3)17(20)18-14(4)16-9-7-15(8-10-16)6-5-11-19/h7-10,12-14,19H,11H2,1-4H3,(H,18,20). The van der Waals surface area contributed by atoms with Crippen molar-refractivity contribution in [3.8, 4) is 11.8 Å². The molecule has 3 heteroatoms. The van der Waals surface area contributed by atoms with Crippen LogP contribution in [0.4, 0.5) is 0 Å². The number of carbonyl (C=O) groups is 1. The molecule has 0 fully saturated rings. The van der Waals surface area contributed by atoms with Crippen LogP contribution >= 0.6 is 0 Å². The first-order valence-electron chi connectivity index (χ1n) is 6.95. The van der Waals surface area contributed by atoms with Crippen LogP contribution in [-0.4, -0.2) is 17.6 Å². The Bertz CT molecular complexity index is 494. The molecule has 0 heterocycles. The molecule has 1 rings (SSSR count). The number of nitrogens with one attached hydrogen (secondary N) is 1. The SMILES string of the molecule is CC(NC(=O)C(C)C(C)C)c1ccc(C#CCO)cc1. The molecule has 0 aliphatic carbocycles. The van der Waals surface area contributed by atoms with Crippen molar-refractivity contribution in [2.24, 2.45) is 11.8 Å². The fourth-order valence-corrected chi connectivity index (χ4v) is 1.73. The Morgan fingerprint density at radius 1 is 1.20 bits per heavy atom. The summed E-state index contributed by atoms with van der Waals surface area (Å²) in [6.07, 6.45) is 0.